The standard InChI is InChI=1S/C14H10N2O2S/c17-12-3-1-2-10(8-12)4-5-11-9-13(18)16-6-7-19-14(16)15-11/h1-9,17H/b5-4+. The molecule has 0 aliphatic heterocycles. The van der Waals surface area contributed by atoms with Crippen molar-refractivity contribution < 1.29 is 5.11 Å². The summed E-state index contributed by atoms with van der Waals surface area (Å²) in [4.78, 5) is 16.8. The molecule has 0 fully saturated rings. The summed E-state index contributed by atoms with van der Waals surface area (Å²) in [6.45, 7) is 0. The Balaban J connectivity index is 1.99. The van der Waals surface area contributed by atoms with Gasteiger partial charge in [-0.1, -0.05) is 18.2 Å². The van der Waals surface area contributed by atoms with E-state index in [1.807, 2.05) is 17.5 Å². The summed E-state index contributed by atoms with van der Waals surface area (Å²) in [5.74, 6) is 0.212. The molecule has 0 radical (unpaired) electrons. The molecule has 2 heterocycles. The van der Waals surface area contributed by atoms with Gasteiger partial charge >= 0.3 is 0 Å². The molecule has 5 heteroatoms. The molecular formula is C14H10N2O2S. The van der Waals surface area contributed by atoms with Crippen molar-refractivity contribution in [1.29, 1.82) is 0 Å². The lowest BCUT2D eigenvalue weighted by atomic mass is 10.2. The summed E-state index contributed by atoms with van der Waals surface area (Å²) in [6.07, 6.45) is 5.28. The molecule has 0 amide bonds. The van der Waals surface area contributed by atoms with Crippen molar-refractivity contribution in [3.63, 3.8) is 0 Å². The zero-order valence-electron chi connectivity index (χ0n) is 9.85. The second-order valence-electron chi connectivity index (χ2n) is 4.00. The number of hydrogen-bond acceptors (Lipinski definition) is 4. The van der Waals surface area contributed by atoms with Crippen LogP contribution < -0.4 is 5.56 Å². The van der Waals surface area contributed by atoms with Crippen LogP contribution in [0.2, 0.25) is 0 Å². The van der Waals surface area contributed by atoms with Crippen molar-refractivity contribution in [2.45, 2.75) is 0 Å². The van der Waals surface area contributed by atoms with E-state index in [-0.39, 0.29) is 11.3 Å². The lowest BCUT2D eigenvalue weighted by Gasteiger charge is -1.96. The van der Waals surface area contributed by atoms with Gasteiger partial charge in [0, 0.05) is 17.6 Å². The Morgan fingerprint density at radius 1 is 1.26 bits per heavy atom. The number of benzene rings is 1. The maximum absolute atomic E-state index is 11.8. The Bertz CT molecular complexity index is 817. The molecule has 0 saturated carbocycles. The Hall–Kier alpha value is -2.40. The van der Waals surface area contributed by atoms with E-state index in [2.05, 4.69) is 4.98 Å². The third kappa shape index (κ3) is 2.41. The van der Waals surface area contributed by atoms with Gasteiger partial charge in [0.05, 0.1) is 5.69 Å². The van der Waals surface area contributed by atoms with Gasteiger partial charge < -0.3 is 5.11 Å². The zero-order valence-corrected chi connectivity index (χ0v) is 10.7. The number of phenolic OH excluding ortho intramolecular Hbond substituents is 1. The van der Waals surface area contributed by atoms with Crippen LogP contribution in [0.25, 0.3) is 17.1 Å². The lowest BCUT2D eigenvalue weighted by Crippen LogP contribution is -2.11. The third-order valence-electron chi connectivity index (χ3n) is 2.64. The van der Waals surface area contributed by atoms with Crippen LogP contribution in [0.5, 0.6) is 5.75 Å². The Kier molecular flexibility index (Phi) is 2.89. The summed E-state index contributed by atoms with van der Waals surface area (Å²) < 4.78 is 1.51. The van der Waals surface area contributed by atoms with Gasteiger partial charge in [0.25, 0.3) is 5.56 Å². The molecule has 3 rings (SSSR count). The highest BCUT2D eigenvalue weighted by Gasteiger charge is 2.00. The molecule has 19 heavy (non-hydrogen) atoms. The molecule has 0 aliphatic carbocycles. The topological polar surface area (TPSA) is 54.6 Å². The number of nitrogens with zero attached hydrogens (tertiary/aromatic N) is 2. The quantitative estimate of drug-likeness (QED) is 0.778. The minimum atomic E-state index is -0.0955. The number of hydrogen-bond donors (Lipinski definition) is 1. The first-order valence-corrected chi connectivity index (χ1v) is 6.54. The van der Waals surface area contributed by atoms with Gasteiger partial charge in [-0.3, -0.25) is 9.20 Å². The fraction of sp³-hybridized carbons (Fsp3) is 0. The molecule has 2 aromatic heterocycles. The van der Waals surface area contributed by atoms with E-state index in [1.54, 1.807) is 30.5 Å². The third-order valence-corrected chi connectivity index (χ3v) is 3.40. The molecule has 1 aromatic carbocycles. The molecule has 4 nitrogen and oxygen atoms in total. The van der Waals surface area contributed by atoms with Gasteiger partial charge in [0.15, 0.2) is 4.96 Å². The number of aromatic hydroxyl groups is 1. The number of thiazole rings is 1. The highest BCUT2D eigenvalue weighted by Crippen LogP contribution is 2.14. The van der Waals surface area contributed by atoms with Crippen molar-refractivity contribution in [1.82, 2.24) is 9.38 Å². The van der Waals surface area contributed by atoms with Crippen LogP contribution in [-0.2, 0) is 0 Å². The molecule has 94 valence electrons. The summed E-state index contributed by atoms with van der Waals surface area (Å²) in [5.41, 5.74) is 1.37. The zero-order chi connectivity index (χ0) is 13.2. The smallest absolute Gasteiger partial charge is 0.259 e. The molecule has 0 saturated heterocycles. The van der Waals surface area contributed by atoms with Crippen LogP contribution in [0.1, 0.15) is 11.3 Å². The molecule has 0 atom stereocenters. The largest absolute Gasteiger partial charge is 0.508 e. The van der Waals surface area contributed by atoms with Crippen molar-refractivity contribution >= 4 is 28.4 Å². The predicted octanol–water partition coefficient (Wildman–Crippen LogP) is 2.63. The van der Waals surface area contributed by atoms with Crippen molar-refractivity contribution in [3.8, 4) is 5.75 Å². The summed E-state index contributed by atoms with van der Waals surface area (Å²) in [5, 5.41) is 11.2. The van der Waals surface area contributed by atoms with E-state index in [9.17, 15) is 9.90 Å². The predicted molar refractivity (Wildman–Crippen MR) is 76.4 cm³/mol. The van der Waals surface area contributed by atoms with Crippen molar-refractivity contribution in [2.24, 2.45) is 0 Å². The average Bonchev–Trinajstić information content (AvgIpc) is 2.85. The molecule has 1 N–H and O–H groups in total. The molecule has 0 spiro atoms. The Labute approximate surface area is 112 Å². The molecule has 0 bridgehead atoms. The van der Waals surface area contributed by atoms with E-state index in [0.29, 0.717) is 10.7 Å². The first-order valence-electron chi connectivity index (χ1n) is 5.66. The van der Waals surface area contributed by atoms with E-state index >= 15 is 0 Å². The second-order valence-corrected chi connectivity index (χ2v) is 4.88. The van der Waals surface area contributed by atoms with Gasteiger partial charge in [-0.25, -0.2) is 4.98 Å². The number of fused-ring (bicyclic) bond motifs is 1. The van der Waals surface area contributed by atoms with E-state index in [0.717, 1.165) is 5.56 Å². The van der Waals surface area contributed by atoms with Crippen LogP contribution in [0, 0.1) is 0 Å². The Morgan fingerprint density at radius 2 is 2.16 bits per heavy atom. The normalized spacial score (nSPS) is 11.4. The van der Waals surface area contributed by atoms with Gasteiger partial charge in [-0.05, 0) is 23.8 Å². The number of aromatic nitrogens is 2. The van der Waals surface area contributed by atoms with E-state index in [1.165, 1.54) is 21.8 Å². The fourth-order valence-electron chi connectivity index (χ4n) is 1.75. The van der Waals surface area contributed by atoms with Crippen LogP contribution in [0.3, 0.4) is 0 Å². The summed E-state index contributed by atoms with van der Waals surface area (Å²) in [7, 11) is 0. The fourth-order valence-corrected chi connectivity index (χ4v) is 2.48. The minimum absolute atomic E-state index is 0.0955. The van der Waals surface area contributed by atoms with Gasteiger partial charge in [0.1, 0.15) is 5.75 Å². The van der Waals surface area contributed by atoms with Crippen LogP contribution in [-0.4, -0.2) is 14.5 Å². The Morgan fingerprint density at radius 3 is 3.00 bits per heavy atom. The SMILES string of the molecule is O=c1cc(/C=C/c2cccc(O)c2)nc2sccn12. The van der Waals surface area contributed by atoms with Crippen LogP contribution in [0.4, 0.5) is 0 Å². The average molecular weight is 270 g/mol. The van der Waals surface area contributed by atoms with Gasteiger partial charge in [-0.15, -0.1) is 11.3 Å². The van der Waals surface area contributed by atoms with Crippen molar-refractivity contribution in [3.05, 3.63) is 63.5 Å². The number of phenols is 1. The second kappa shape index (κ2) is 4.70. The van der Waals surface area contributed by atoms with Crippen molar-refractivity contribution in [2.75, 3.05) is 0 Å². The maximum atomic E-state index is 11.8. The summed E-state index contributed by atoms with van der Waals surface area (Å²) >= 11 is 1.42. The monoisotopic (exact) mass is 270 g/mol. The summed E-state index contributed by atoms with van der Waals surface area (Å²) in [6, 6.07) is 8.37. The molecule has 0 unspecified atom stereocenters. The first kappa shape index (κ1) is 11.7. The molecule has 3 aromatic rings. The van der Waals surface area contributed by atoms with Gasteiger partial charge in [0.2, 0.25) is 0 Å². The van der Waals surface area contributed by atoms with E-state index < -0.39 is 0 Å². The highest BCUT2D eigenvalue weighted by molar-refractivity contribution is 7.15. The minimum Gasteiger partial charge on any atom is -0.508 e. The lowest BCUT2D eigenvalue weighted by molar-refractivity contribution is 0.475. The van der Waals surface area contributed by atoms with E-state index in [4.69, 9.17) is 0 Å². The number of rotatable bonds is 2. The first-order chi connectivity index (χ1) is 9.22. The molecular weight excluding hydrogens is 260 g/mol. The maximum Gasteiger partial charge on any atom is 0.259 e. The molecule has 0 aliphatic rings. The van der Waals surface area contributed by atoms with Crippen LogP contribution in [0.15, 0.2) is 46.7 Å². The van der Waals surface area contributed by atoms with Crippen LogP contribution >= 0.6 is 11.3 Å². The van der Waals surface area contributed by atoms with Gasteiger partial charge in [-0.2, -0.15) is 0 Å². The highest BCUT2D eigenvalue weighted by atomic mass is 32.1.